The summed E-state index contributed by atoms with van der Waals surface area (Å²) in [5.41, 5.74) is 0. The van der Waals surface area contributed by atoms with Crippen LogP contribution in [0.25, 0.3) is 0 Å². The molecule has 35 heavy (non-hydrogen) atoms. The third-order valence-electron chi connectivity index (χ3n) is 8.08. The fourth-order valence-electron chi connectivity index (χ4n) is 5.82. The fourth-order valence-corrected chi connectivity index (χ4v) is 5.82. The lowest BCUT2D eigenvalue weighted by molar-refractivity contribution is -0.160. The molecule has 0 bridgehead atoms. The van der Waals surface area contributed by atoms with E-state index in [-0.39, 0.29) is 23.9 Å². The number of ether oxygens (including phenoxy) is 1. The van der Waals surface area contributed by atoms with Gasteiger partial charge in [0.15, 0.2) is 0 Å². The standard InChI is InChI=1S/C31H58O4/c1-4-7-9-10-11-12-13-14-15-16-18-24-29(26(20-6-3)21-17-8-5-2)35-31(34)28-23-19-22-27(25-28)30(32)33/h26-29H,4-25H2,1-3H3,(H,32,33). The smallest absolute Gasteiger partial charge is 0.309 e. The van der Waals surface area contributed by atoms with Gasteiger partial charge in [0.1, 0.15) is 6.10 Å². The second-order valence-electron chi connectivity index (χ2n) is 11.2. The molecule has 0 amide bonds. The topological polar surface area (TPSA) is 63.6 Å². The van der Waals surface area contributed by atoms with Gasteiger partial charge in [-0.2, -0.15) is 0 Å². The largest absolute Gasteiger partial charge is 0.481 e. The van der Waals surface area contributed by atoms with Gasteiger partial charge in [0.05, 0.1) is 11.8 Å². The van der Waals surface area contributed by atoms with Gasteiger partial charge in [-0.3, -0.25) is 9.59 Å². The quantitative estimate of drug-likeness (QED) is 0.120. The molecule has 4 heteroatoms. The van der Waals surface area contributed by atoms with Crippen LogP contribution in [0.15, 0.2) is 0 Å². The second kappa shape index (κ2) is 21.1. The maximum atomic E-state index is 13.1. The van der Waals surface area contributed by atoms with Crippen molar-refractivity contribution in [2.45, 2.75) is 168 Å². The number of carboxylic acids is 1. The molecule has 0 aromatic rings. The molecule has 1 saturated carbocycles. The van der Waals surface area contributed by atoms with E-state index in [1.165, 1.54) is 83.5 Å². The van der Waals surface area contributed by atoms with Gasteiger partial charge >= 0.3 is 11.9 Å². The van der Waals surface area contributed by atoms with Crippen LogP contribution in [-0.2, 0) is 14.3 Å². The zero-order chi connectivity index (χ0) is 25.7. The molecule has 0 radical (unpaired) electrons. The number of hydrogen-bond acceptors (Lipinski definition) is 3. The molecule has 4 atom stereocenters. The maximum absolute atomic E-state index is 13.1. The molecule has 0 aromatic heterocycles. The molecule has 1 aliphatic rings. The Bertz CT molecular complexity index is 532. The third-order valence-corrected chi connectivity index (χ3v) is 8.08. The number of carbonyl (C=O) groups excluding carboxylic acids is 1. The van der Waals surface area contributed by atoms with Crippen molar-refractivity contribution >= 4 is 11.9 Å². The molecule has 1 N–H and O–H groups in total. The van der Waals surface area contributed by atoms with Crippen molar-refractivity contribution in [3.63, 3.8) is 0 Å². The Morgan fingerprint density at radius 3 is 1.77 bits per heavy atom. The van der Waals surface area contributed by atoms with Gasteiger partial charge in [-0.15, -0.1) is 0 Å². The second-order valence-corrected chi connectivity index (χ2v) is 11.2. The van der Waals surface area contributed by atoms with E-state index in [0.29, 0.717) is 18.8 Å². The Labute approximate surface area is 217 Å². The highest BCUT2D eigenvalue weighted by Gasteiger charge is 2.34. The van der Waals surface area contributed by atoms with E-state index in [0.717, 1.165) is 44.9 Å². The molecule has 4 unspecified atom stereocenters. The van der Waals surface area contributed by atoms with E-state index >= 15 is 0 Å². The summed E-state index contributed by atoms with van der Waals surface area (Å²) in [7, 11) is 0. The number of unbranched alkanes of at least 4 members (excludes halogenated alkanes) is 12. The number of aliphatic carboxylic acids is 1. The van der Waals surface area contributed by atoms with Gasteiger partial charge in [-0.1, -0.05) is 117 Å². The number of carboxylic acid groups (broad SMARTS) is 1. The van der Waals surface area contributed by atoms with E-state index in [9.17, 15) is 14.7 Å². The molecule has 206 valence electrons. The number of rotatable bonds is 22. The summed E-state index contributed by atoms with van der Waals surface area (Å²) in [5.74, 6) is -1.06. The minimum atomic E-state index is -0.761. The van der Waals surface area contributed by atoms with Gasteiger partial charge in [0, 0.05) is 0 Å². The van der Waals surface area contributed by atoms with Crippen molar-refractivity contribution in [1.82, 2.24) is 0 Å². The highest BCUT2D eigenvalue weighted by molar-refractivity contribution is 5.75. The first-order valence-electron chi connectivity index (χ1n) is 15.5. The average Bonchev–Trinajstić information content (AvgIpc) is 2.86. The molecule has 0 heterocycles. The highest BCUT2D eigenvalue weighted by Crippen LogP contribution is 2.32. The van der Waals surface area contributed by atoms with Gasteiger partial charge in [-0.25, -0.2) is 0 Å². The normalized spacial score (nSPS) is 19.9. The molecule has 1 fully saturated rings. The molecule has 0 spiro atoms. The van der Waals surface area contributed by atoms with Crippen molar-refractivity contribution in [3.05, 3.63) is 0 Å². The Morgan fingerprint density at radius 1 is 0.686 bits per heavy atom. The third kappa shape index (κ3) is 14.9. The van der Waals surface area contributed by atoms with Crippen molar-refractivity contribution in [1.29, 1.82) is 0 Å². The van der Waals surface area contributed by atoms with Crippen LogP contribution in [0.4, 0.5) is 0 Å². The van der Waals surface area contributed by atoms with E-state index in [1.807, 2.05) is 0 Å². The molecular weight excluding hydrogens is 436 g/mol. The van der Waals surface area contributed by atoms with E-state index < -0.39 is 5.97 Å². The van der Waals surface area contributed by atoms with Crippen LogP contribution in [0.5, 0.6) is 0 Å². The Hall–Kier alpha value is -1.06. The van der Waals surface area contributed by atoms with Crippen LogP contribution < -0.4 is 0 Å². The molecule has 4 nitrogen and oxygen atoms in total. The summed E-state index contributed by atoms with van der Waals surface area (Å²) in [4.78, 5) is 24.6. The van der Waals surface area contributed by atoms with Crippen molar-refractivity contribution < 1.29 is 19.4 Å². The van der Waals surface area contributed by atoms with Gasteiger partial charge in [-0.05, 0) is 50.9 Å². The van der Waals surface area contributed by atoms with Crippen LogP contribution in [-0.4, -0.2) is 23.1 Å². The zero-order valence-electron chi connectivity index (χ0n) is 23.5. The minimum absolute atomic E-state index is 0.00285. The fraction of sp³-hybridized carbons (Fsp3) is 0.935. The first-order chi connectivity index (χ1) is 17.0. The predicted molar refractivity (Wildman–Crippen MR) is 147 cm³/mol. The molecular formula is C31H58O4. The van der Waals surface area contributed by atoms with Crippen LogP contribution in [0.2, 0.25) is 0 Å². The minimum Gasteiger partial charge on any atom is -0.481 e. The summed E-state index contributed by atoms with van der Waals surface area (Å²) >= 11 is 0. The predicted octanol–water partition coefficient (Wildman–Crippen LogP) is 9.49. The van der Waals surface area contributed by atoms with Crippen molar-refractivity contribution in [2.75, 3.05) is 0 Å². The molecule has 0 saturated heterocycles. The number of carbonyl (C=O) groups is 2. The molecule has 1 aliphatic carbocycles. The lowest BCUT2D eigenvalue weighted by Crippen LogP contribution is -2.33. The molecule has 0 aliphatic heterocycles. The van der Waals surface area contributed by atoms with Gasteiger partial charge < -0.3 is 9.84 Å². The molecule has 1 rings (SSSR count). The summed E-state index contributed by atoms with van der Waals surface area (Å²) in [6.45, 7) is 6.73. The zero-order valence-corrected chi connectivity index (χ0v) is 23.5. The SMILES string of the molecule is CCCCCCCCCCCCCC(OC(=O)C1CCCC(C(=O)O)C1)C(CCC)CCCCC. The summed E-state index contributed by atoms with van der Waals surface area (Å²) in [6, 6.07) is 0. The monoisotopic (exact) mass is 494 g/mol. The Balaban J connectivity index is 2.51. The average molecular weight is 495 g/mol. The summed E-state index contributed by atoms with van der Waals surface area (Å²) in [5, 5.41) is 9.42. The van der Waals surface area contributed by atoms with Crippen LogP contribution in [0.3, 0.4) is 0 Å². The lowest BCUT2D eigenvalue weighted by atomic mass is 9.81. The Kier molecular flexibility index (Phi) is 19.2. The maximum Gasteiger partial charge on any atom is 0.309 e. The van der Waals surface area contributed by atoms with Crippen molar-refractivity contribution in [3.8, 4) is 0 Å². The van der Waals surface area contributed by atoms with Gasteiger partial charge in [0.2, 0.25) is 0 Å². The lowest BCUT2D eigenvalue weighted by Gasteiger charge is -2.31. The van der Waals surface area contributed by atoms with Crippen LogP contribution >= 0.6 is 0 Å². The van der Waals surface area contributed by atoms with E-state index in [2.05, 4.69) is 20.8 Å². The number of esters is 1. The van der Waals surface area contributed by atoms with Crippen molar-refractivity contribution in [2.24, 2.45) is 17.8 Å². The highest BCUT2D eigenvalue weighted by atomic mass is 16.5. The van der Waals surface area contributed by atoms with E-state index in [4.69, 9.17) is 4.74 Å². The summed E-state index contributed by atoms with van der Waals surface area (Å²) < 4.78 is 6.22. The van der Waals surface area contributed by atoms with Crippen LogP contribution in [0.1, 0.15) is 162 Å². The number of hydrogen-bond donors (Lipinski definition) is 1. The van der Waals surface area contributed by atoms with Gasteiger partial charge in [0.25, 0.3) is 0 Å². The first kappa shape index (κ1) is 32.0. The first-order valence-corrected chi connectivity index (χ1v) is 15.5. The molecule has 0 aromatic carbocycles. The van der Waals surface area contributed by atoms with Crippen LogP contribution in [0, 0.1) is 17.8 Å². The summed E-state index contributed by atoms with van der Waals surface area (Å²) in [6.07, 6.45) is 25.3. The Morgan fingerprint density at radius 2 is 1.20 bits per heavy atom. The van der Waals surface area contributed by atoms with E-state index in [1.54, 1.807) is 0 Å².